The number of nitro benzene ring substituents is 1. The normalized spacial score (nSPS) is 11.3. The van der Waals surface area contributed by atoms with Gasteiger partial charge in [0.05, 0.1) is 35.3 Å². The van der Waals surface area contributed by atoms with Gasteiger partial charge in [0, 0.05) is 0 Å². The lowest BCUT2D eigenvalue weighted by Crippen LogP contribution is -2.54. The first-order valence-corrected chi connectivity index (χ1v) is 5.98. The van der Waals surface area contributed by atoms with Crippen LogP contribution in [0.15, 0.2) is 12.1 Å². The van der Waals surface area contributed by atoms with Crippen molar-refractivity contribution in [1.82, 2.24) is 5.32 Å². The summed E-state index contributed by atoms with van der Waals surface area (Å²) in [6.45, 7) is 0.352. The van der Waals surface area contributed by atoms with Gasteiger partial charge in [0.1, 0.15) is 5.82 Å². The highest BCUT2D eigenvalue weighted by Gasteiger charge is 2.31. The molecule has 0 atom stereocenters. The number of carbonyl (C=O) groups is 1. The maximum absolute atomic E-state index is 13.7. The van der Waals surface area contributed by atoms with E-state index in [1.807, 2.05) is 0 Å². The van der Waals surface area contributed by atoms with E-state index < -0.39 is 52.5 Å². The van der Waals surface area contributed by atoms with Gasteiger partial charge in [0.2, 0.25) is 5.82 Å². The number of nitrogens with one attached hydrogen (secondary N) is 1. The van der Waals surface area contributed by atoms with E-state index in [1.165, 1.54) is 0 Å². The Kier molecular flexibility index (Phi) is 5.28. The van der Waals surface area contributed by atoms with Crippen LogP contribution in [0.2, 0.25) is 0 Å². The second-order valence-corrected chi connectivity index (χ2v) is 4.44. The molecule has 0 bridgehead atoms. The molecule has 0 aliphatic heterocycles. The van der Waals surface area contributed by atoms with E-state index >= 15 is 0 Å². The zero-order valence-corrected chi connectivity index (χ0v) is 11.1. The average Bonchev–Trinajstić information content (AvgIpc) is 2.46. The topological polar surface area (TPSA) is 113 Å². The molecule has 21 heavy (non-hydrogen) atoms. The monoisotopic (exact) mass is 304 g/mol. The first-order valence-electron chi connectivity index (χ1n) is 5.98. The van der Waals surface area contributed by atoms with Crippen molar-refractivity contribution >= 4 is 11.6 Å². The molecule has 0 radical (unpaired) electrons. The van der Waals surface area contributed by atoms with Gasteiger partial charge < -0.3 is 15.5 Å². The SMILES string of the molecule is CCC(CO)(CO)NC(=O)c1cc(F)c([N+](=O)[O-])cc1F. The minimum absolute atomic E-state index is 0.142. The summed E-state index contributed by atoms with van der Waals surface area (Å²) in [7, 11) is 0. The number of nitro groups is 1. The molecule has 0 spiro atoms. The van der Waals surface area contributed by atoms with E-state index in [4.69, 9.17) is 0 Å². The van der Waals surface area contributed by atoms with Gasteiger partial charge in [-0.2, -0.15) is 4.39 Å². The van der Waals surface area contributed by atoms with Crippen LogP contribution in [0.1, 0.15) is 23.7 Å². The Balaban J connectivity index is 3.14. The summed E-state index contributed by atoms with van der Waals surface area (Å²) in [5.41, 5.74) is -3.23. The van der Waals surface area contributed by atoms with Crippen LogP contribution in [-0.2, 0) is 0 Å². The zero-order chi connectivity index (χ0) is 16.2. The molecular weight excluding hydrogens is 290 g/mol. The van der Waals surface area contributed by atoms with Crippen molar-refractivity contribution < 1.29 is 28.7 Å². The summed E-state index contributed by atoms with van der Waals surface area (Å²) >= 11 is 0. The smallest absolute Gasteiger partial charge is 0.307 e. The van der Waals surface area contributed by atoms with Crippen molar-refractivity contribution in [2.75, 3.05) is 13.2 Å². The Morgan fingerprint density at radius 3 is 2.33 bits per heavy atom. The van der Waals surface area contributed by atoms with Gasteiger partial charge in [-0.1, -0.05) is 6.92 Å². The van der Waals surface area contributed by atoms with Crippen LogP contribution in [0.5, 0.6) is 0 Å². The fourth-order valence-corrected chi connectivity index (χ4v) is 1.60. The number of hydrogen-bond donors (Lipinski definition) is 3. The van der Waals surface area contributed by atoms with E-state index in [0.717, 1.165) is 0 Å². The van der Waals surface area contributed by atoms with Gasteiger partial charge in [0.25, 0.3) is 5.91 Å². The molecule has 1 amide bonds. The van der Waals surface area contributed by atoms with E-state index in [2.05, 4.69) is 5.32 Å². The fourth-order valence-electron chi connectivity index (χ4n) is 1.60. The van der Waals surface area contributed by atoms with Crippen LogP contribution in [0.4, 0.5) is 14.5 Å². The predicted molar refractivity (Wildman–Crippen MR) is 67.7 cm³/mol. The van der Waals surface area contributed by atoms with Crippen molar-refractivity contribution in [3.63, 3.8) is 0 Å². The lowest BCUT2D eigenvalue weighted by molar-refractivity contribution is -0.387. The summed E-state index contributed by atoms with van der Waals surface area (Å²) in [6, 6.07) is 0.702. The van der Waals surface area contributed by atoms with Crippen LogP contribution in [0.25, 0.3) is 0 Å². The highest BCUT2D eigenvalue weighted by atomic mass is 19.1. The first-order chi connectivity index (χ1) is 9.80. The van der Waals surface area contributed by atoms with Crippen molar-refractivity contribution in [1.29, 1.82) is 0 Å². The molecule has 0 fully saturated rings. The Hall–Kier alpha value is -2.13. The predicted octanol–water partition coefficient (Wildman–Crippen LogP) is 0.736. The summed E-state index contributed by atoms with van der Waals surface area (Å²) < 4.78 is 27.1. The van der Waals surface area contributed by atoms with Gasteiger partial charge in [-0.05, 0) is 12.5 Å². The lowest BCUT2D eigenvalue weighted by atomic mass is 9.97. The third-order valence-corrected chi connectivity index (χ3v) is 3.14. The van der Waals surface area contributed by atoms with Crippen LogP contribution < -0.4 is 5.32 Å². The molecule has 3 N–H and O–H groups in total. The summed E-state index contributed by atoms with van der Waals surface area (Å²) in [6.07, 6.45) is 0.142. The van der Waals surface area contributed by atoms with E-state index in [-0.39, 0.29) is 6.42 Å². The molecule has 0 aliphatic carbocycles. The molecule has 7 nitrogen and oxygen atoms in total. The largest absolute Gasteiger partial charge is 0.394 e. The molecule has 9 heteroatoms. The molecule has 0 heterocycles. The number of aliphatic hydroxyl groups excluding tert-OH is 2. The lowest BCUT2D eigenvalue weighted by Gasteiger charge is -2.29. The zero-order valence-electron chi connectivity index (χ0n) is 11.1. The van der Waals surface area contributed by atoms with Gasteiger partial charge >= 0.3 is 5.69 Å². The second-order valence-electron chi connectivity index (χ2n) is 4.44. The van der Waals surface area contributed by atoms with Gasteiger partial charge in [-0.25, -0.2) is 4.39 Å². The maximum Gasteiger partial charge on any atom is 0.307 e. The van der Waals surface area contributed by atoms with Crippen LogP contribution in [-0.4, -0.2) is 39.8 Å². The highest BCUT2D eigenvalue weighted by Crippen LogP contribution is 2.22. The first kappa shape index (κ1) is 16.9. The van der Waals surface area contributed by atoms with Crippen molar-refractivity contribution in [2.45, 2.75) is 18.9 Å². The second kappa shape index (κ2) is 6.55. The number of hydrogen-bond acceptors (Lipinski definition) is 5. The molecule has 0 saturated heterocycles. The molecule has 0 aromatic heterocycles. The third kappa shape index (κ3) is 3.50. The number of halogens is 2. The van der Waals surface area contributed by atoms with Crippen LogP contribution in [0.3, 0.4) is 0 Å². The van der Waals surface area contributed by atoms with Crippen LogP contribution >= 0.6 is 0 Å². The number of rotatable bonds is 6. The van der Waals surface area contributed by atoms with Crippen molar-refractivity contribution in [3.8, 4) is 0 Å². The number of aliphatic hydroxyl groups is 2. The molecule has 0 aliphatic rings. The molecule has 0 unspecified atom stereocenters. The summed E-state index contributed by atoms with van der Waals surface area (Å²) in [4.78, 5) is 21.2. The Labute approximate surface area is 118 Å². The Morgan fingerprint density at radius 2 is 1.90 bits per heavy atom. The molecule has 1 aromatic rings. The molecule has 1 aromatic carbocycles. The fraction of sp³-hybridized carbons (Fsp3) is 0.417. The van der Waals surface area contributed by atoms with Gasteiger partial charge in [0.15, 0.2) is 0 Å². The Morgan fingerprint density at radius 1 is 1.33 bits per heavy atom. The number of carbonyl (C=O) groups excluding carboxylic acids is 1. The average molecular weight is 304 g/mol. The summed E-state index contributed by atoms with van der Waals surface area (Å²) in [5, 5.41) is 31.0. The number of nitrogens with zero attached hydrogens (tertiary/aromatic N) is 1. The quantitative estimate of drug-likeness (QED) is 0.530. The molecular formula is C12H14F2N2O5. The minimum atomic E-state index is -1.39. The van der Waals surface area contributed by atoms with Gasteiger partial charge in [-0.15, -0.1) is 0 Å². The maximum atomic E-state index is 13.7. The van der Waals surface area contributed by atoms with Crippen molar-refractivity contribution in [3.05, 3.63) is 39.4 Å². The van der Waals surface area contributed by atoms with E-state index in [9.17, 15) is 33.9 Å². The minimum Gasteiger partial charge on any atom is -0.394 e. The Bertz CT molecular complexity index is 553. The van der Waals surface area contributed by atoms with Crippen LogP contribution in [0, 0.1) is 21.7 Å². The van der Waals surface area contributed by atoms with E-state index in [1.54, 1.807) is 6.92 Å². The van der Waals surface area contributed by atoms with Crippen molar-refractivity contribution in [2.24, 2.45) is 0 Å². The van der Waals surface area contributed by atoms with E-state index in [0.29, 0.717) is 12.1 Å². The number of amides is 1. The molecule has 1 rings (SSSR count). The third-order valence-electron chi connectivity index (χ3n) is 3.14. The number of benzene rings is 1. The summed E-state index contributed by atoms with van der Waals surface area (Å²) in [5.74, 6) is -3.73. The standard InChI is InChI=1S/C12H14F2N2O5/c1-2-12(5-17,6-18)15-11(19)7-3-9(14)10(16(20)21)4-8(7)13/h3-4,17-18H,2,5-6H2,1H3,(H,15,19). The highest BCUT2D eigenvalue weighted by molar-refractivity contribution is 5.95. The molecule has 116 valence electrons. The molecule has 0 saturated carbocycles. The van der Waals surface area contributed by atoms with Gasteiger partial charge in [-0.3, -0.25) is 14.9 Å².